The van der Waals surface area contributed by atoms with E-state index in [0.717, 1.165) is 22.5 Å². The van der Waals surface area contributed by atoms with Gasteiger partial charge in [-0.15, -0.1) is 0 Å². The fourth-order valence-electron chi connectivity index (χ4n) is 2.41. The molecule has 0 aliphatic carbocycles. The van der Waals surface area contributed by atoms with E-state index in [9.17, 15) is 0 Å². The molecular formula is C16H17ClN6+2. The van der Waals surface area contributed by atoms with E-state index < -0.39 is 0 Å². The molecule has 0 radical (unpaired) electrons. The summed E-state index contributed by atoms with van der Waals surface area (Å²) >= 11 is 6.05. The molecule has 3 rings (SSSR count). The Morgan fingerprint density at radius 2 is 2.00 bits per heavy atom. The second-order valence-electron chi connectivity index (χ2n) is 5.01. The van der Waals surface area contributed by atoms with Crippen molar-refractivity contribution in [3.63, 3.8) is 0 Å². The van der Waals surface area contributed by atoms with Crippen LogP contribution in [0.4, 0.5) is 0 Å². The number of nitrogens with zero attached hydrogens (tertiary/aromatic N) is 3. The zero-order valence-corrected chi connectivity index (χ0v) is 13.3. The standard InChI is InChI=1S/C16H16ClN6/c1-22-15(10-23-9-14(17)6-7-16(22)23)13-4-2-12(3-5-13)8-20-21-11-19-18/h2-11H,18H2,1H3,(H,19,21)/q+1/p+1/b20-8-. The number of nitrogens with two attached hydrogens (primary N) is 1. The Bertz CT molecular complexity index is 879. The lowest BCUT2D eigenvalue weighted by Crippen LogP contribution is -2.78. The maximum Gasteiger partial charge on any atom is 0.286 e. The summed E-state index contributed by atoms with van der Waals surface area (Å²) in [6.45, 7) is 0. The third kappa shape index (κ3) is 3.17. The minimum absolute atomic E-state index is 0.711. The largest absolute Gasteiger partial charge is 0.286 e. The summed E-state index contributed by atoms with van der Waals surface area (Å²) in [5.41, 5.74) is 6.93. The van der Waals surface area contributed by atoms with Gasteiger partial charge in [0, 0.05) is 11.6 Å². The van der Waals surface area contributed by atoms with E-state index >= 15 is 0 Å². The highest BCUT2D eigenvalue weighted by Crippen LogP contribution is 2.20. The minimum Gasteiger partial charge on any atom is -0.276 e. The summed E-state index contributed by atoms with van der Waals surface area (Å²) in [5, 5.41) is 7.05. The van der Waals surface area contributed by atoms with Crippen molar-refractivity contribution in [2.75, 3.05) is 0 Å². The van der Waals surface area contributed by atoms with E-state index in [1.807, 2.05) is 41.9 Å². The highest BCUT2D eigenvalue weighted by molar-refractivity contribution is 6.30. The van der Waals surface area contributed by atoms with Crippen molar-refractivity contribution in [3.05, 3.63) is 59.4 Å². The number of pyridine rings is 1. The molecule has 2 aromatic heterocycles. The number of fused-ring (bicyclic) bond motifs is 1. The highest BCUT2D eigenvalue weighted by Gasteiger charge is 2.15. The maximum atomic E-state index is 6.05. The van der Waals surface area contributed by atoms with Crippen LogP contribution in [-0.2, 0) is 7.05 Å². The average molecular weight is 329 g/mol. The Kier molecular flexibility index (Phi) is 4.25. The van der Waals surface area contributed by atoms with Gasteiger partial charge < -0.3 is 0 Å². The van der Waals surface area contributed by atoms with E-state index in [-0.39, 0.29) is 0 Å². The molecule has 0 aliphatic heterocycles. The molecule has 3 aromatic rings. The van der Waals surface area contributed by atoms with Gasteiger partial charge in [-0.2, -0.15) is 10.5 Å². The molecule has 116 valence electrons. The average Bonchev–Trinajstić information content (AvgIpc) is 2.88. The number of imidazole rings is 1. The van der Waals surface area contributed by atoms with Crippen LogP contribution in [0.5, 0.6) is 0 Å². The molecule has 2 heterocycles. The Labute approximate surface area is 138 Å². The SMILES string of the molecule is Cn1c(-c2ccc(/C=N\NC=[NH+]N)cc2)c[n+]2cc(Cl)ccc12. The van der Waals surface area contributed by atoms with Crippen LogP contribution in [0.15, 0.2) is 53.9 Å². The molecule has 1 aromatic carbocycles. The highest BCUT2D eigenvalue weighted by atomic mass is 35.5. The number of hydrazone groups is 2. The molecule has 0 aliphatic rings. The first-order valence-corrected chi connectivity index (χ1v) is 7.40. The fraction of sp³-hybridized carbons (Fsp3) is 0.0625. The van der Waals surface area contributed by atoms with Gasteiger partial charge in [-0.3, -0.25) is 5.84 Å². The van der Waals surface area contributed by atoms with E-state index in [4.69, 9.17) is 17.4 Å². The number of hydrazine groups is 1. The number of rotatable bonds is 4. The molecule has 0 spiro atoms. The van der Waals surface area contributed by atoms with Gasteiger partial charge in [-0.05, 0) is 23.8 Å². The van der Waals surface area contributed by atoms with Gasteiger partial charge in [0.15, 0.2) is 5.69 Å². The quantitative estimate of drug-likeness (QED) is 0.207. The lowest BCUT2D eigenvalue weighted by molar-refractivity contribution is -0.510. The van der Waals surface area contributed by atoms with Gasteiger partial charge in [0.05, 0.1) is 18.3 Å². The number of nitrogens with one attached hydrogen (secondary N) is 2. The maximum absolute atomic E-state index is 6.05. The van der Waals surface area contributed by atoms with Crippen molar-refractivity contribution in [3.8, 4) is 11.3 Å². The molecule has 0 saturated carbocycles. The monoisotopic (exact) mass is 328 g/mol. The summed E-state index contributed by atoms with van der Waals surface area (Å²) in [6, 6.07) is 12.0. The van der Waals surface area contributed by atoms with Crippen LogP contribution in [-0.4, -0.2) is 17.1 Å². The van der Waals surface area contributed by atoms with Crippen LogP contribution in [0.2, 0.25) is 5.02 Å². The van der Waals surface area contributed by atoms with Crippen LogP contribution in [0.3, 0.4) is 0 Å². The molecule has 0 unspecified atom stereocenters. The van der Waals surface area contributed by atoms with E-state index in [1.54, 1.807) is 6.21 Å². The Balaban J connectivity index is 1.90. The number of benzene rings is 1. The summed E-state index contributed by atoms with van der Waals surface area (Å²) in [4.78, 5) is 0. The predicted molar refractivity (Wildman–Crippen MR) is 91.0 cm³/mol. The van der Waals surface area contributed by atoms with Crippen molar-refractivity contribution < 1.29 is 9.50 Å². The van der Waals surface area contributed by atoms with Gasteiger partial charge in [0.1, 0.15) is 12.4 Å². The molecule has 4 N–H and O–H groups in total. The number of halogens is 1. The summed E-state index contributed by atoms with van der Waals surface area (Å²) in [5.74, 6) is 5.09. The molecule has 0 amide bonds. The van der Waals surface area contributed by atoms with Gasteiger partial charge in [0.25, 0.3) is 12.0 Å². The van der Waals surface area contributed by atoms with Crippen molar-refractivity contribution in [1.82, 2.24) is 9.99 Å². The molecular weight excluding hydrogens is 312 g/mol. The van der Waals surface area contributed by atoms with Crippen LogP contribution < -0.4 is 20.8 Å². The number of hydrogen-bond acceptors (Lipinski definition) is 2. The summed E-state index contributed by atoms with van der Waals surface area (Å²) in [7, 11) is 2.04. The van der Waals surface area contributed by atoms with Gasteiger partial charge in [-0.25, -0.2) is 8.97 Å². The zero-order valence-electron chi connectivity index (χ0n) is 12.6. The molecule has 0 bridgehead atoms. The van der Waals surface area contributed by atoms with E-state index in [0.29, 0.717) is 5.02 Å². The lowest BCUT2D eigenvalue weighted by atomic mass is 10.1. The Morgan fingerprint density at radius 3 is 2.74 bits per heavy atom. The van der Waals surface area contributed by atoms with Crippen LogP contribution >= 0.6 is 11.6 Å². The number of aromatic nitrogens is 2. The smallest absolute Gasteiger partial charge is 0.276 e. The molecule has 6 nitrogen and oxygen atoms in total. The lowest BCUT2D eigenvalue weighted by Gasteiger charge is -1.98. The summed E-state index contributed by atoms with van der Waals surface area (Å²) < 4.78 is 4.15. The van der Waals surface area contributed by atoms with Gasteiger partial charge in [-0.1, -0.05) is 28.8 Å². The van der Waals surface area contributed by atoms with Crippen molar-refractivity contribution in [2.24, 2.45) is 18.0 Å². The fourth-order valence-corrected chi connectivity index (χ4v) is 2.58. The van der Waals surface area contributed by atoms with Crippen molar-refractivity contribution >= 4 is 29.8 Å². The first-order chi connectivity index (χ1) is 11.2. The second-order valence-corrected chi connectivity index (χ2v) is 5.44. The minimum atomic E-state index is 0.711. The van der Waals surface area contributed by atoms with Crippen LogP contribution in [0, 0.1) is 0 Å². The zero-order chi connectivity index (χ0) is 16.2. The Morgan fingerprint density at radius 1 is 1.22 bits per heavy atom. The Hall–Kier alpha value is -2.86. The molecule has 0 saturated heterocycles. The molecule has 0 atom stereocenters. The molecule has 0 fully saturated rings. The number of hydrogen-bond donors (Lipinski definition) is 3. The second kappa shape index (κ2) is 6.50. The first kappa shape index (κ1) is 15.1. The normalized spacial score (nSPS) is 11.7. The third-order valence-electron chi connectivity index (χ3n) is 3.53. The number of aryl methyl sites for hydroxylation is 1. The molecule has 7 heteroatoms. The molecule has 23 heavy (non-hydrogen) atoms. The van der Waals surface area contributed by atoms with E-state index in [2.05, 4.69) is 38.5 Å². The van der Waals surface area contributed by atoms with E-state index in [1.165, 1.54) is 6.34 Å². The van der Waals surface area contributed by atoms with Crippen LogP contribution in [0.25, 0.3) is 16.9 Å². The third-order valence-corrected chi connectivity index (χ3v) is 3.75. The predicted octanol–water partition coefficient (Wildman–Crippen LogP) is -0.00970. The van der Waals surface area contributed by atoms with Crippen LogP contribution in [0.1, 0.15) is 5.56 Å². The van der Waals surface area contributed by atoms with Gasteiger partial charge in [0.2, 0.25) is 0 Å². The topological polar surface area (TPSA) is 73.4 Å². The van der Waals surface area contributed by atoms with Crippen molar-refractivity contribution in [2.45, 2.75) is 0 Å². The first-order valence-electron chi connectivity index (χ1n) is 7.02. The van der Waals surface area contributed by atoms with Gasteiger partial charge >= 0.3 is 0 Å². The summed E-state index contributed by atoms with van der Waals surface area (Å²) in [6.07, 6.45) is 7.11. The van der Waals surface area contributed by atoms with Crippen molar-refractivity contribution in [1.29, 1.82) is 0 Å².